The van der Waals surface area contributed by atoms with Crippen molar-refractivity contribution >= 4 is 34.8 Å². The number of fused-ring (bicyclic) bond motifs is 1. The molecule has 10 heteroatoms. The highest BCUT2D eigenvalue weighted by atomic mass is 16.7. The molecule has 4 unspecified atom stereocenters. The van der Waals surface area contributed by atoms with Crippen LogP contribution in [0.2, 0.25) is 0 Å². The normalized spacial score (nSPS) is 21.0. The topological polar surface area (TPSA) is 130 Å². The van der Waals surface area contributed by atoms with Gasteiger partial charge in [-0.1, -0.05) is 39.0 Å². The molecule has 4 atom stereocenters. The average Bonchev–Trinajstić information content (AvgIpc) is 3.29. The standard InChI is InChI=1S/C28H37NO9/c1-4-9-22(30)35-21-17-34-28(27(37-24(32)11-6-3)26(21)36-23(31)10-5-2)38-25(33)15-14-18-16-29-20-13-8-7-12-19(18)20/h7-8,12-13,16,21,26-29H,4-6,9-11,14-15,17H2,1-3H3. The van der Waals surface area contributed by atoms with Crippen molar-refractivity contribution in [2.45, 2.75) is 96.7 Å². The molecule has 10 nitrogen and oxygen atoms in total. The first kappa shape index (κ1) is 29.2. The van der Waals surface area contributed by atoms with E-state index in [1.807, 2.05) is 51.2 Å². The Morgan fingerprint density at radius 2 is 1.37 bits per heavy atom. The second-order valence-electron chi connectivity index (χ2n) is 9.24. The van der Waals surface area contributed by atoms with Crippen LogP contribution in [0.15, 0.2) is 30.5 Å². The SMILES string of the molecule is CCCC(=O)OC1COC(OC(=O)CCc2c[nH]c3ccccc23)C(OC(=O)CCC)C1OC(=O)CCC. The molecule has 0 amide bonds. The third-order valence-electron chi connectivity index (χ3n) is 6.08. The third kappa shape index (κ3) is 8.05. The number of para-hydroxylation sites is 1. The van der Waals surface area contributed by atoms with Crippen molar-refractivity contribution in [1.82, 2.24) is 4.98 Å². The molecule has 1 aliphatic rings. The van der Waals surface area contributed by atoms with Gasteiger partial charge in [-0.15, -0.1) is 0 Å². The van der Waals surface area contributed by atoms with Crippen LogP contribution in [-0.2, 0) is 49.3 Å². The Balaban J connectivity index is 1.75. The second kappa shape index (κ2) is 14.5. The van der Waals surface area contributed by atoms with Gasteiger partial charge in [0.05, 0.1) is 6.61 Å². The zero-order chi connectivity index (χ0) is 27.5. The van der Waals surface area contributed by atoms with Crippen molar-refractivity contribution in [2.24, 2.45) is 0 Å². The number of hydrogen-bond acceptors (Lipinski definition) is 9. The van der Waals surface area contributed by atoms with E-state index in [0.717, 1.165) is 16.5 Å². The summed E-state index contributed by atoms with van der Waals surface area (Å²) < 4.78 is 28.0. The van der Waals surface area contributed by atoms with Crippen molar-refractivity contribution in [1.29, 1.82) is 0 Å². The van der Waals surface area contributed by atoms with Gasteiger partial charge in [0.25, 0.3) is 0 Å². The molecule has 0 saturated carbocycles. The number of aromatic amines is 1. The lowest BCUT2D eigenvalue weighted by Crippen LogP contribution is -2.58. The quantitative estimate of drug-likeness (QED) is 0.299. The maximum atomic E-state index is 12.8. The number of aromatic nitrogens is 1. The molecule has 0 aliphatic carbocycles. The van der Waals surface area contributed by atoms with Gasteiger partial charge < -0.3 is 28.7 Å². The lowest BCUT2D eigenvalue weighted by Gasteiger charge is -2.40. The van der Waals surface area contributed by atoms with Crippen LogP contribution in [0.5, 0.6) is 0 Å². The number of carbonyl (C=O) groups excluding carboxylic acids is 4. The molecule has 0 bridgehead atoms. The molecule has 1 aromatic carbocycles. The number of aryl methyl sites for hydroxylation is 1. The van der Waals surface area contributed by atoms with E-state index in [9.17, 15) is 19.2 Å². The molecular weight excluding hydrogens is 494 g/mol. The number of ether oxygens (including phenoxy) is 5. The van der Waals surface area contributed by atoms with E-state index in [-0.39, 0.29) is 32.3 Å². The van der Waals surface area contributed by atoms with Crippen molar-refractivity contribution in [3.63, 3.8) is 0 Å². The maximum Gasteiger partial charge on any atom is 0.308 e. The molecule has 208 valence electrons. The fraction of sp³-hybridized carbons (Fsp3) is 0.571. The van der Waals surface area contributed by atoms with Crippen LogP contribution in [0, 0.1) is 0 Å². The number of nitrogens with one attached hydrogen (secondary N) is 1. The Kier molecular flexibility index (Phi) is 11.1. The molecule has 0 spiro atoms. The molecule has 0 radical (unpaired) electrons. The summed E-state index contributed by atoms with van der Waals surface area (Å²) in [6.07, 6.45) is -0.483. The smallest absolute Gasteiger partial charge is 0.308 e. The summed E-state index contributed by atoms with van der Waals surface area (Å²) >= 11 is 0. The van der Waals surface area contributed by atoms with Crippen molar-refractivity contribution in [2.75, 3.05) is 6.61 Å². The third-order valence-corrected chi connectivity index (χ3v) is 6.08. The molecule has 1 fully saturated rings. The summed E-state index contributed by atoms with van der Waals surface area (Å²) in [5.74, 6) is -2.18. The fourth-order valence-corrected chi connectivity index (χ4v) is 4.24. The van der Waals surface area contributed by atoms with Gasteiger partial charge >= 0.3 is 23.9 Å². The zero-order valence-electron chi connectivity index (χ0n) is 22.2. The first-order valence-corrected chi connectivity index (χ1v) is 13.3. The summed E-state index contributed by atoms with van der Waals surface area (Å²) in [6, 6.07) is 7.77. The molecule has 1 saturated heterocycles. The van der Waals surface area contributed by atoms with Crippen molar-refractivity contribution in [3.05, 3.63) is 36.0 Å². The minimum absolute atomic E-state index is 0.0482. The molecule has 2 heterocycles. The van der Waals surface area contributed by atoms with E-state index in [0.29, 0.717) is 25.7 Å². The van der Waals surface area contributed by atoms with Gasteiger partial charge in [-0.05, 0) is 37.3 Å². The van der Waals surface area contributed by atoms with E-state index in [1.54, 1.807) is 0 Å². The Labute approximate surface area is 222 Å². The highest BCUT2D eigenvalue weighted by Gasteiger charge is 2.49. The van der Waals surface area contributed by atoms with Crippen LogP contribution in [0.3, 0.4) is 0 Å². The Morgan fingerprint density at radius 3 is 2.03 bits per heavy atom. The highest BCUT2D eigenvalue weighted by Crippen LogP contribution is 2.27. The number of hydrogen-bond donors (Lipinski definition) is 1. The molecule has 38 heavy (non-hydrogen) atoms. The predicted octanol–water partition coefficient (Wildman–Crippen LogP) is 4.14. The van der Waals surface area contributed by atoms with Gasteiger partial charge in [-0.3, -0.25) is 19.2 Å². The Bertz CT molecular complexity index is 1090. The van der Waals surface area contributed by atoms with E-state index in [2.05, 4.69) is 4.98 Å². The number of H-pyrrole nitrogens is 1. The van der Waals surface area contributed by atoms with Gasteiger partial charge in [-0.25, -0.2) is 0 Å². The van der Waals surface area contributed by atoms with E-state index >= 15 is 0 Å². The molecular formula is C28H37NO9. The van der Waals surface area contributed by atoms with E-state index in [1.165, 1.54) is 0 Å². The zero-order valence-corrected chi connectivity index (χ0v) is 22.2. The highest BCUT2D eigenvalue weighted by molar-refractivity contribution is 5.83. The number of benzene rings is 1. The van der Waals surface area contributed by atoms with Gasteiger partial charge in [0.1, 0.15) is 0 Å². The lowest BCUT2D eigenvalue weighted by atomic mass is 10.0. The second-order valence-corrected chi connectivity index (χ2v) is 9.24. The summed E-state index contributed by atoms with van der Waals surface area (Å²) in [5, 5.41) is 1.01. The molecule has 1 aromatic heterocycles. The molecule has 2 aromatic rings. The van der Waals surface area contributed by atoms with Gasteiger partial charge in [0, 0.05) is 42.8 Å². The first-order valence-electron chi connectivity index (χ1n) is 13.3. The Hall–Kier alpha value is -3.40. The maximum absolute atomic E-state index is 12.8. The molecule has 3 rings (SSSR count). The summed E-state index contributed by atoms with van der Waals surface area (Å²) in [7, 11) is 0. The minimum Gasteiger partial charge on any atom is -0.456 e. The first-order chi connectivity index (χ1) is 18.4. The van der Waals surface area contributed by atoms with Crippen LogP contribution < -0.4 is 0 Å². The largest absolute Gasteiger partial charge is 0.456 e. The molecule has 1 N–H and O–H groups in total. The average molecular weight is 532 g/mol. The van der Waals surface area contributed by atoms with Crippen LogP contribution in [0.25, 0.3) is 10.9 Å². The monoisotopic (exact) mass is 531 g/mol. The number of carbonyl (C=O) groups is 4. The summed E-state index contributed by atoms with van der Waals surface area (Å²) in [6.45, 7) is 5.27. The lowest BCUT2D eigenvalue weighted by molar-refractivity contribution is -0.275. The van der Waals surface area contributed by atoms with Gasteiger partial charge in [-0.2, -0.15) is 0 Å². The van der Waals surface area contributed by atoms with Crippen LogP contribution in [0.1, 0.15) is 71.3 Å². The fourth-order valence-electron chi connectivity index (χ4n) is 4.24. The van der Waals surface area contributed by atoms with Crippen LogP contribution in [0.4, 0.5) is 0 Å². The number of rotatable bonds is 13. The Morgan fingerprint density at radius 1 is 0.789 bits per heavy atom. The van der Waals surface area contributed by atoms with Crippen molar-refractivity contribution < 1.29 is 42.9 Å². The van der Waals surface area contributed by atoms with Crippen LogP contribution >= 0.6 is 0 Å². The van der Waals surface area contributed by atoms with Crippen molar-refractivity contribution in [3.8, 4) is 0 Å². The van der Waals surface area contributed by atoms with E-state index in [4.69, 9.17) is 23.7 Å². The van der Waals surface area contributed by atoms with Gasteiger partial charge in [0.2, 0.25) is 12.4 Å². The molecule has 1 aliphatic heterocycles. The number of esters is 4. The predicted molar refractivity (Wildman–Crippen MR) is 137 cm³/mol. The van der Waals surface area contributed by atoms with Gasteiger partial charge in [0.15, 0.2) is 12.2 Å². The van der Waals surface area contributed by atoms with Crippen LogP contribution in [-0.4, -0.2) is 60.1 Å². The van der Waals surface area contributed by atoms with E-state index < -0.39 is 48.5 Å². The minimum atomic E-state index is -1.33. The summed E-state index contributed by atoms with van der Waals surface area (Å²) in [5.41, 5.74) is 1.93. The summed E-state index contributed by atoms with van der Waals surface area (Å²) in [4.78, 5) is 53.1.